The van der Waals surface area contributed by atoms with Crippen molar-refractivity contribution in [1.82, 2.24) is 0 Å². The average Bonchev–Trinajstić information content (AvgIpc) is 2.76. The standard InChI is InChI=1S/C28H31NO3/c1-6-17-7-8-18-15-19(9-11-21(18)24(17)26(30)31)25(29-32)20-10-12-22-23(16-20)28(4,5)14-13-27(22,2)3/h7-12,15-16,25H,6,13-14H2,1-5H3,(H,30,31). The Morgan fingerprint density at radius 2 is 1.56 bits per heavy atom. The summed E-state index contributed by atoms with van der Waals surface area (Å²) in [5.41, 5.74) is 5.60. The summed E-state index contributed by atoms with van der Waals surface area (Å²) in [5.74, 6) is -0.926. The van der Waals surface area contributed by atoms with Crippen molar-refractivity contribution in [3.8, 4) is 0 Å². The Balaban J connectivity index is 1.83. The number of nitrogens with zero attached hydrogens (tertiary/aromatic N) is 1. The van der Waals surface area contributed by atoms with Crippen LogP contribution in [0.25, 0.3) is 10.8 Å². The first-order valence-corrected chi connectivity index (χ1v) is 11.4. The van der Waals surface area contributed by atoms with Gasteiger partial charge in [-0.1, -0.05) is 82.3 Å². The van der Waals surface area contributed by atoms with Crippen LogP contribution in [0.3, 0.4) is 0 Å². The van der Waals surface area contributed by atoms with Gasteiger partial charge in [-0.05, 0) is 74.7 Å². The van der Waals surface area contributed by atoms with Crippen molar-refractivity contribution >= 4 is 16.7 Å². The van der Waals surface area contributed by atoms with Crippen molar-refractivity contribution < 1.29 is 9.90 Å². The molecule has 1 atom stereocenters. The van der Waals surface area contributed by atoms with Gasteiger partial charge in [-0.2, -0.15) is 0 Å². The zero-order chi connectivity index (χ0) is 23.3. The summed E-state index contributed by atoms with van der Waals surface area (Å²) < 4.78 is 0. The van der Waals surface area contributed by atoms with Gasteiger partial charge in [0.05, 0.1) is 5.56 Å². The summed E-state index contributed by atoms with van der Waals surface area (Å²) in [4.78, 5) is 23.9. The van der Waals surface area contributed by atoms with Crippen LogP contribution >= 0.6 is 0 Å². The van der Waals surface area contributed by atoms with Crippen molar-refractivity contribution in [2.45, 2.75) is 70.8 Å². The lowest BCUT2D eigenvalue weighted by Crippen LogP contribution is -2.34. The molecule has 3 aromatic carbocycles. The van der Waals surface area contributed by atoms with Gasteiger partial charge in [0, 0.05) is 0 Å². The van der Waals surface area contributed by atoms with Gasteiger partial charge in [0.2, 0.25) is 0 Å². The Morgan fingerprint density at radius 3 is 2.19 bits per heavy atom. The third-order valence-electron chi connectivity index (χ3n) is 7.34. The van der Waals surface area contributed by atoms with Crippen LogP contribution < -0.4 is 0 Å². The maximum absolute atomic E-state index is 12.0. The van der Waals surface area contributed by atoms with Crippen LogP contribution in [0, 0.1) is 4.91 Å². The van der Waals surface area contributed by atoms with E-state index in [4.69, 9.17) is 0 Å². The fraction of sp³-hybridized carbons (Fsp3) is 0.393. The summed E-state index contributed by atoms with van der Waals surface area (Å²) in [6, 6.07) is 15.1. The van der Waals surface area contributed by atoms with E-state index in [2.05, 4.69) is 45.0 Å². The molecule has 32 heavy (non-hydrogen) atoms. The van der Waals surface area contributed by atoms with Gasteiger partial charge >= 0.3 is 5.97 Å². The number of hydrogen-bond acceptors (Lipinski definition) is 3. The highest BCUT2D eigenvalue weighted by Gasteiger charge is 2.37. The highest BCUT2D eigenvalue weighted by molar-refractivity contribution is 6.05. The van der Waals surface area contributed by atoms with E-state index in [-0.39, 0.29) is 10.8 Å². The van der Waals surface area contributed by atoms with Crippen molar-refractivity contribution in [3.05, 3.63) is 86.8 Å². The molecule has 0 spiro atoms. The molecule has 0 saturated carbocycles. The van der Waals surface area contributed by atoms with E-state index in [1.54, 1.807) is 0 Å². The molecule has 1 unspecified atom stereocenters. The Morgan fingerprint density at radius 1 is 0.938 bits per heavy atom. The van der Waals surface area contributed by atoms with Crippen LogP contribution in [0.4, 0.5) is 0 Å². The molecule has 3 aromatic rings. The Bertz CT molecular complexity index is 1220. The molecule has 4 nitrogen and oxygen atoms in total. The molecule has 0 fully saturated rings. The average molecular weight is 430 g/mol. The Kier molecular flexibility index (Phi) is 5.44. The third-order valence-corrected chi connectivity index (χ3v) is 7.34. The summed E-state index contributed by atoms with van der Waals surface area (Å²) in [5, 5.41) is 14.7. The highest BCUT2D eigenvalue weighted by atomic mass is 16.4. The largest absolute Gasteiger partial charge is 0.478 e. The fourth-order valence-electron chi connectivity index (χ4n) is 5.20. The molecule has 0 heterocycles. The number of benzene rings is 3. The first-order chi connectivity index (χ1) is 15.1. The summed E-state index contributed by atoms with van der Waals surface area (Å²) in [6.07, 6.45) is 2.89. The van der Waals surface area contributed by atoms with E-state index in [0.717, 1.165) is 34.9 Å². The summed E-state index contributed by atoms with van der Waals surface area (Å²) >= 11 is 0. The molecule has 166 valence electrons. The minimum absolute atomic E-state index is 0.0463. The van der Waals surface area contributed by atoms with E-state index in [1.807, 2.05) is 43.3 Å². The summed E-state index contributed by atoms with van der Waals surface area (Å²) in [6.45, 7) is 11.0. The molecule has 1 aliphatic carbocycles. The Hall–Kier alpha value is -3.01. The number of fused-ring (bicyclic) bond motifs is 2. The number of carboxylic acid groups (broad SMARTS) is 1. The van der Waals surface area contributed by atoms with Crippen LogP contribution in [-0.2, 0) is 17.3 Å². The smallest absolute Gasteiger partial charge is 0.336 e. The monoisotopic (exact) mass is 429 g/mol. The molecule has 0 aliphatic heterocycles. The minimum atomic E-state index is -0.926. The third kappa shape index (κ3) is 3.62. The fourth-order valence-corrected chi connectivity index (χ4v) is 5.20. The number of nitroso groups, excluding NO2 is 1. The van der Waals surface area contributed by atoms with Crippen molar-refractivity contribution in [1.29, 1.82) is 0 Å². The lowest BCUT2D eigenvalue weighted by atomic mass is 9.63. The predicted molar refractivity (Wildman–Crippen MR) is 130 cm³/mol. The van der Waals surface area contributed by atoms with Gasteiger partial charge in [-0.3, -0.25) is 0 Å². The molecule has 0 radical (unpaired) electrons. The normalized spacial score (nSPS) is 17.5. The SMILES string of the molecule is CCc1ccc2cc(C(N=O)c3ccc4c(c3)C(C)(C)CCC4(C)C)ccc2c1C(=O)O. The van der Waals surface area contributed by atoms with Crippen molar-refractivity contribution in [2.75, 3.05) is 0 Å². The number of aromatic carboxylic acids is 1. The van der Waals surface area contributed by atoms with Gasteiger partial charge in [0.15, 0.2) is 0 Å². The van der Waals surface area contributed by atoms with E-state index >= 15 is 0 Å². The van der Waals surface area contributed by atoms with E-state index < -0.39 is 12.0 Å². The number of aryl methyl sites for hydroxylation is 1. The van der Waals surface area contributed by atoms with Crippen LogP contribution in [0.2, 0.25) is 0 Å². The first kappa shape index (κ1) is 22.2. The zero-order valence-electron chi connectivity index (χ0n) is 19.5. The molecule has 4 heteroatoms. The van der Waals surface area contributed by atoms with E-state index in [1.165, 1.54) is 11.1 Å². The molecule has 1 aliphatic rings. The highest BCUT2D eigenvalue weighted by Crippen LogP contribution is 2.47. The van der Waals surface area contributed by atoms with Gasteiger partial charge in [-0.25, -0.2) is 4.79 Å². The summed E-state index contributed by atoms with van der Waals surface area (Å²) in [7, 11) is 0. The molecular weight excluding hydrogens is 398 g/mol. The minimum Gasteiger partial charge on any atom is -0.478 e. The molecule has 1 N–H and O–H groups in total. The number of hydrogen-bond donors (Lipinski definition) is 1. The van der Waals surface area contributed by atoms with Crippen LogP contribution in [-0.4, -0.2) is 11.1 Å². The topological polar surface area (TPSA) is 66.7 Å². The van der Waals surface area contributed by atoms with Gasteiger partial charge in [-0.15, -0.1) is 4.91 Å². The van der Waals surface area contributed by atoms with Crippen LogP contribution in [0.15, 0.2) is 53.7 Å². The molecule has 0 bridgehead atoms. The first-order valence-electron chi connectivity index (χ1n) is 11.4. The predicted octanol–water partition coefficient (Wildman–Crippen LogP) is 7.31. The second kappa shape index (κ2) is 7.84. The lowest BCUT2D eigenvalue weighted by molar-refractivity contribution is 0.0698. The number of carbonyl (C=O) groups is 1. The maximum Gasteiger partial charge on any atom is 0.336 e. The van der Waals surface area contributed by atoms with Crippen molar-refractivity contribution in [2.24, 2.45) is 5.18 Å². The molecule has 4 rings (SSSR count). The molecule has 0 amide bonds. The number of carboxylic acids is 1. The quantitative estimate of drug-likeness (QED) is 0.433. The molecular formula is C28H31NO3. The Labute approximate surface area is 189 Å². The van der Waals surface area contributed by atoms with Gasteiger partial charge in [0.25, 0.3) is 0 Å². The second-order valence-electron chi connectivity index (χ2n) is 10.3. The zero-order valence-corrected chi connectivity index (χ0v) is 19.5. The van der Waals surface area contributed by atoms with Gasteiger partial charge < -0.3 is 5.11 Å². The van der Waals surface area contributed by atoms with Crippen molar-refractivity contribution in [3.63, 3.8) is 0 Å². The molecule has 0 saturated heterocycles. The van der Waals surface area contributed by atoms with E-state index in [9.17, 15) is 14.8 Å². The van der Waals surface area contributed by atoms with Crippen LogP contribution in [0.5, 0.6) is 0 Å². The van der Waals surface area contributed by atoms with Crippen LogP contribution in [0.1, 0.15) is 91.7 Å². The molecule has 0 aromatic heterocycles. The lowest BCUT2D eigenvalue weighted by Gasteiger charge is -2.42. The van der Waals surface area contributed by atoms with Gasteiger partial charge in [0.1, 0.15) is 6.04 Å². The second-order valence-corrected chi connectivity index (χ2v) is 10.3. The maximum atomic E-state index is 12.0. The van der Waals surface area contributed by atoms with E-state index in [0.29, 0.717) is 17.4 Å². The number of rotatable bonds is 5.